The van der Waals surface area contributed by atoms with Crippen LogP contribution in [0, 0.1) is 0 Å². The summed E-state index contributed by atoms with van der Waals surface area (Å²) in [4.78, 5) is 16.5. The Morgan fingerprint density at radius 1 is 1.25 bits per heavy atom. The molecule has 3 aromatic rings. The molecule has 7 nitrogen and oxygen atoms in total. The molecular weight excluding hydrogens is 304 g/mol. The van der Waals surface area contributed by atoms with Gasteiger partial charge in [-0.3, -0.25) is 9.48 Å². The summed E-state index contributed by atoms with van der Waals surface area (Å²) >= 11 is 0. The van der Waals surface area contributed by atoms with E-state index in [-0.39, 0.29) is 11.9 Å². The zero-order valence-corrected chi connectivity index (χ0v) is 13.4. The predicted octanol–water partition coefficient (Wildman–Crippen LogP) is 1.81. The number of carbonyl (C=O) groups is 1. The van der Waals surface area contributed by atoms with Crippen LogP contribution in [0.25, 0.3) is 5.69 Å². The molecule has 2 heterocycles. The van der Waals surface area contributed by atoms with Crippen molar-refractivity contribution in [2.75, 3.05) is 0 Å². The molecule has 1 aromatic carbocycles. The fourth-order valence-corrected chi connectivity index (χ4v) is 3.20. The molecule has 1 amide bonds. The number of nitrogens with zero attached hydrogens (tertiary/aromatic N) is 5. The minimum atomic E-state index is -0.0677. The Labute approximate surface area is 139 Å². The van der Waals surface area contributed by atoms with Crippen molar-refractivity contribution in [1.29, 1.82) is 0 Å². The molecule has 0 saturated heterocycles. The first kappa shape index (κ1) is 14.6. The van der Waals surface area contributed by atoms with Crippen LogP contribution in [0.15, 0.2) is 43.1 Å². The van der Waals surface area contributed by atoms with Gasteiger partial charge in [0.05, 0.1) is 17.9 Å². The summed E-state index contributed by atoms with van der Waals surface area (Å²) in [5.74, 6) is -0.0677. The van der Waals surface area contributed by atoms with Crippen LogP contribution in [0.5, 0.6) is 0 Å². The summed E-state index contributed by atoms with van der Waals surface area (Å²) in [6.07, 6.45) is 8.00. The van der Waals surface area contributed by atoms with Crippen LogP contribution in [0.1, 0.15) is 40.5 Å². The summed E-state index contributed by atoms with van der Waals surface area (Å²) in [5, 5.41) is 11.5. The Bertz CT molecular complexity index is 850. The molecule has 7 heteroatoms. The summed E-state index contributed by atoms with van der Waals surface area (Å²) < 4.78 is 3.56. The molecule has 1 aliphatic rings. The zero-order valence-electron chi connectivity index (χ0n) is 13.4. The fraction of sp³-hybridized carbons (Fsp3) is 0.294. The van der Waals surface area contributed by atoms with Gasteiger partial charge >= 0.3 is 0 Å². The molecule has 0 bridgehead atoms. The van der Waals surface area contributed by atoms with Crippen molar-refractivity contribution in [3.8, 4) is 5.69 Å². The normalized spacial score (nSPS) is 16.6. The molecule has 0 unspecified atom stereocenters. The molecule has 0 saturated carbocycles. The molecule has 1 N–H and O–H groups in total. The second-order valence-electron chi connectivity index (χ2n) is 5.98. The van der Waals surface area contributed by atoms with Gasteiger partial charge in [-0.15, -0.1) is 0 Å². The molecule has 2 aromatic heterocycles. The Morgan fingerprint density at radius 2 is 2.08 bits per heavy atom. The van der Waals surface area contributed by atoms with E-state index in [9.17, 15) is 4.79 Å². The summed E-state index contributed by atoms with van der Waals surface area (Å²) in [5.41, 5.74) is 3.86. The monoisotopic (exact) mass is 322 g/mol. The van der Waals surface area contributed by atoms with Gasteiger partial charge in [-0.2, -0.15) is 10.2 Å². The fourth-order valence-electron chi connectivity index (χ4n) is 3.20. The maximum absolute atomic E-state index is 12.6. The number of aromatic nitrogens is 5. The third kappa shape index (κ3) is 2.58. The SMILES string of the molecule is Cn1ncc2c1CCC[C@H]2NC(=O)c1ccc(-n2cncn2)cc1. The van der Waals surface area contributed by atoms with Crippen molar-refractivity contribution >= 4 is 5.91 Å². The highest BCUT2D eigenvalue weighted by atomic mass is 16.1. The summed E-state index contributed by atoms with van der Waals surface area (Å²) in [7, 11) is 1.95. The van der Waals surface area contributed by atoms with Gasteiger partial charge in [0.2, 0.25) is 0 Å². The van der Waals surface area contributed by atoms with E-state index < -0.39 is 0 Å². The minimum absolute atomic E-state index is 0.0324. The molecule has 0 aliphatic heterocycles. The number of hydrogen-bond donors (Lipinski definition) is 1. The summed E-state index contributed by atoms with van der Waals surface area (Å²) in [6, 6.07) is 7.36. The maximum atomic E-state index is 12.6. The third-order valence-electron chi connectivity index (χ3n) is 4.49. The van der Waals surface area contributed by atoms with Crippen molar-refractivity contribution in [3.63, 3.8) is 0 Å². The van der Waals surface area contributed by atoms with E-state index in [1.165, 1.54) is 12.0 Å². The molecular formula is C17H18N6O. The first-order chi connectivity index (χ1) is 11.7. The van der Waals surface area contributed by atoms with Gasteiger partial charge < -0.3 is 5.32 Å². The Morgan fingerprint density at radius 3 is 2.83 bits per heavy atom. The molecule has 122 valence electrons. The van der Waals surface area contributed by atoms with E-state index >= 15 is 0 Å². The van der Waals surface area contributed by atoms with Gasteiger partial charge in [0, 0.05) is 23.9 Å². The molecule has 0 spiro atoms. The maximum Gasteiger partial charge on any atom is 0.251 e. The van der Waals surface area contributed by atoms with E-state index in [1.54, 1.807) is 23.1 Å². The van der Waals surface area contributed by atoms with E-state index in [2.05, 4.69) is 20.5 Å². The van der Waals surface area contributed by atoms with Crippen LogP contribution in [0.3, 0.4) is 0 Å². The van der Waals surface area contributed by atoms with Gasteiger partial charge in [-0.05, 0) is 43.5 Å². The smallest absolute Gasteiger partial charge is 0.251 e. The molecule has 0 radical (unpaired) electrons. The number of amides is 1. The number of fused-ring (bicyclic) bond motifs is 1. The highest BCUT2D eigenvalue weighted by molar-refractivity contribution is 5.94. The van der Waals surface area contributed by atoms with Crippen molar-refractivity contribution in [2.45, 2.75) is 25.3 Å². The van der Waals surface area contributed by atoms with Crippen LogP contribution in [0.2, 0.25) is 0 Å². The van der Waals surface area contributed by atoms with E-state index in [4.69, 9.17) is 0 Å². The van der Waals surface area contributed by atoms with Gasteiger partial charge in [0.1, 0.15) is 12.7 Å². The lowest BCUT2D eigenvalue weighted by molar-refractivity contribution is 0.0932. The quantitative estimate of drug-likeness (QED) is 0.798. The topological polar surface area (TPSA) is 77.6 Å². The number of hydrogen-bond acceptors (Lipinski definition) is 4. The van der Waals surface area contributed by atoms with E-state index in [0.29, 0.717) is 5.56 Å². The van der Waals surface area contributed by atoms with Gasteiger partial charge in [-0.1, -0.05) is 0 Å². The van der Waals surface area contributed by atoms with E-state index in [1.807, 2.05) is 30.1 Å². The number of aryl methyl sites for hydroxylation is 1. The highest BCUT2D eigenvalue weighted by Gasteiger charge is 2.25. The number of benzene rings is 1. The second-order valence-corrected chi connectivity index (χ2v) is 5.98. The van der Waals surface area contributed by atoms with Crippen LogP contribution in [0.4, 0.5) is 0 Å². The molecule has 1 aliphatic carbocycles. The second kappa shape index (κ2) is 5.92. The van der Waals surface area contributed by atoms with Gasteiger partial charge in [0.15, 0.2) is 0 Å². The first-order valence-electron chi connectivity index (χ1n) is 7.99. The number of rotatable bonds is 3. The Hall–Kier alpha value is -2.96. The standard InChI is InChI=1S/C17H18N6O/c1-22-16-4-2-3-15(14(16)9-19-22)21-17(24)12-5-7-13(8-6-12)23-11-18-10-20-23/h5-11,15H,2-4H2,1H3,(H,21,24)/t15-/m1/s1. The molecule has 0 fully saturated rings. The predicted molar refractivity (Wildman–Crippen MR) is 87.7 cm³/mol. The number of nitrogens with one attached hydrogen (secondary N) is 1. The largest absolute Gasteiger partial charge is 0.345 e. The lowest BCUT2D eigenvalue weighted by Gasteiger charge is -2.23. The molecule has 4 rings (SSSR count). The minimum Gasteiger partial charge on any atom is -0.345 e. The van der Waals surface area contributed by atoms with Crippen LogP contribution in [-0.2, 0) is 13.5 Å². The average molecular weight is 322 g/mol. The van der Waals surface area contributed by atoms with Crippen LogP contribution < -0.4 is 5.32 Å². The first-order valence-corrected chi connectivity index (χ1v) is 7.99. The molecule has 24 heavy (non-hydrogen) atoms. The zero-order chi connectivity index (χ0) is 16.5. The Balaban J connectivity index is 1.51. The van der Waals surface area contributed by atoms with Crippen molar-refractivity contribution in [2.24, 2.45) is 7.05 Å². The van der Waals surface area contributed by atoms with Crippen LogP contribution in [-0.4, -0.2) is 30.5 Å². The average Bonchev–Trinajstić information content (AvgIpc) is 3.26. The third-order valence-corrected chi connectivity index (χ3v) is 4.49. The van der Waals surface area contributed by atoms with Gasteiger partial charge in [0.25, 0.3) is 5.91 Å². The van der Waals surface area contributed by atoms with Gasteiger partial charge in [-0.25, -0.2) is 9.67 Å². The lowest BCUT2D eigenvalue weighted by Crippen LogP contribution is -2.30. The van der Waals surface area contributed by atoms with Crippen LogP contribution >= 0.6 is 0 Å². The van der Waals surface area contributed by atoms with E-state index in [0.717, 1.165) is 30.5 Å². The van der Waals surface area contributed by atoms with Crippen molar-refractivity contribution in [1.82, 2.24) is 29.9 Å². The van der Waals surface area contributed by atoms with Crippen molar-refractivity contribution in [3.05, 3.63) is 59.9 Å². The molecule has 1 atom stereocenters. The lowest BCUT2D eigenvalue weighted by atomic mass is 9.93. The summed E-state index contributed by atoms with van der Waals surface area (Å²) in [6.45, 7) is 0. The Kier molecular flexibility index (Phi) is 3.60. The van der Waals surface area contributed by atoms with Crippen molar-refractivity contribution < 1.29 is 4.79 Å². The highest BCUT2D eigenvalue weighted by Crippen LogP contribution is 2.29. The number of carbonyl (C=O) groups excluding carboxylic acids is 1.